The van der Waals surface area contributed by atoms with Crippen molar-refractivity contribution in [2.24, 2.45) is 0 Å². The molecule has 0 aromatic heterocycles. The molecule has 0 saturated carbocycles. The van der Waals surface area contributed by atoms with E-state index < -0.39 is 0 Å². The maximum absolute atomic E-state index is 2.40. The molecule has 0 amide bonds. The second-order valence-electron chi connectivity index (χ2n) is 5.20. The van der Waals surface area contributed by atoms with Crippen molar-refractivity contribution in [1.29, 1.82) is 0 Å². The van der Waals surface area contributed by atoms with E-state index in [4.69, 9.17) is 0 Å². The van der Waals surface area contributed by atoms with E-state index in [1.807, 2.05) is 0 Å². The van der Waals surface area contributed by atoms with Gasteiger partial charge in [0.05, 0.1) is 0 Å². The molecule has 18 heavy (non-hydrogen) atoms. The van der Waals surface area contributed by atoms with Crippen molar-refractivity contribution in [2.75, 3.05) is 0 Å². The Balaban J connectivity index is 2.30. The van der Waals surface area contributed by atoms with Crippen LogP contribution in [0.2, 0.25) is 0 Å². The van der Waals surface area contributed by atoms with Crippen LogP contribution in [0.3, 0.4) is 0 Å². The van der Waals surface area contributed by atoms with Gasteiger partial charge >= 0.3 is 0 Å². The van der Waals surface area contributed by atoms with Crippen molar-refractivity contribution in [2.45, 2.75) is 25.7 Å². The van der Waals surface area contributed by atoms with E-state index in [0.29, 0.717) is 0 Å². The third-order valence-electron chi connectivity index (χ3n) is 4.11. The molecule has 2 aliphatic carbocycles. The van der Waals surface area contributed by atoms with Crippen molar-refractivity contribution in [1.82, 2.24) is 0 Å². The Hall–Kier alpha value is -1.82. The van der Waals surface area contributed by atoms with E-state index in [1.54, 1.807) is 0 Å². The summed E-state index contributed by atoms with van der Waals surface area (Å²) in [7, 11) is 0. The minimum atomic E-state index is 1.18. The third-order valence-corrected chi connectivity index (χ3v) is 4.11. The van der Waals surface area contributed by atoms with Gasteiger partial charge in [-0.3, -0.25) is 0 Å². The normalized spacial score (nSPS) is 16.7. The first kappa shape index (κ1) is 10.1. The Morgan fingerprint density at radius 2 is 0.944 bits per heavy atom. The van der Waals surface area contributed by atoms with Crippen molar-refractivity contribution in [3.63, 3.8) is 0 Å². The highest BCUT2D eigenvalue weighted by Crippen LogP contribution is 2.06. The average Bonchev–Trinajstić information content (AvgIpc) is 2.46. The van der Waals surface area contributed by atoms with Gasteiger partial charge in [0.25, 0.3) is 0 Å². The standard InChI is InChI=1S/C18H16/c1-3-7-15-13(5-1)9-11-18-16-8-4-2-6-14(16)10-12-17(15)18/h5-12H,1-4H2. The lowest BCUT2D eigenvalue weighted by atomic mass is 9.97. The summed E-state index contributed by atoms with van der Waals surface area (Å²) in [5.41, 5.74) is 0. The fourth-order valence-corrected chi connectivity index (χ4v) is 3.23. The average molecular weight is 232 g/mol. The first-order valence-corrected chi connectivity index (χ1v) is 6.86. The van der Waals surface area contributed by atoms with Gasteiger partial charge in [0, 0.05) is 0 Å². The highest BCUT2D eigenvalue weighted by molar-refractivity contribution is 5.85. The van der Waals surface area contributed by atoms with Gasteiger partial charge in [-0.1, -0.05) is 48.6 Å². The second kappa shape index (κ2) is 3.84. The Morgan fingerprint density at radius 1 is 0.500 bits per heavy atom. The van der Waals surface area contributed by atoms with E-state index in [-0.39, 0.29) is 0 Å². The molecule has 88 valence electrons. The summed E-state index contributed by atoms with van der Waals surface area (Å²) in [6, 6.07) is 9.18. The summed E-state index contributed by atoms with van der Waals surface area (Å²) in [6.45, 7) is 0. The quantitative estimate of drug-likeness (QED) is 0.646. The molecule has 0 heteroatoms. The largest absolute Gasteiger partial charge is 0.0763 e. The Bertz CT molecular complexity index is 792. The summed E-state index contributed by atoms with van der Waals surface area (Å²) in [5, 5.41) is 8.56. The molecule has 4 rings (SSSR count). The topological polar surface area (TPSA) is 0 Å². The smallest absolute Gasteiger partial charge is 0.0102 e. The molecule has 0 nitrogen and oxygen atoms in total. The maximum atomic E-state index is 2.40. The van der Waals surface area contributed by atoms with E-state index >= 15 is 0 Å². The highest BCUT2D eigenvalue weighted by atomic mass is 14.1. The molecule has 0 bridgehead atoms. The van der Waals surface area contributed by atoms with Crippen LogP contribution < -0.4 is 20.9 Å². The predicted molar refractivity (Wildman–Crippen MR) is 78.8 cm³/mol. The zero-order chi connectivity index (χ0) is 11.9. The number of benzene rings is 2. The molecule has 0 atom stereocenters. The Morgan fingerprint density at radius 3 is 1.44 bits per heavy atom. The van der Waals surface area contributed by atoms with Crippen molar-refractivity contribution in [3.05, 3.63) is 45.1 Å². The zero-order valence-electron chi connectivity index (χ0n) is 10.4. The van der Waals surface area contributed by atoms with E-state index in [0.717, 1.165) is 0 Å². The molecular weight excluding hydrogens is 216 g/mol. The fraction of sp³-hybridized carbons (Fsp3) is 0.222. The fourth-order valence-electron chi connectivity index (χ4n) is 3.23. The first-order chi connectivity index (χ1) is 8.93. The van der Waals surface area contributed by atoms with Crippen LogP contribution in [0.25, 0.3) is 35.1 Å². The molecule has 0 aliphatic heterocycles. The van der Waals surface area contributed by atoms with Gasteiger partial charge in [0.15, 0.2) is 0 Å². The molecule has 0 radical (unpaired) electrons. The van der Waals surface area contributed by atoms with E-state index in [9.17, 15) is 0 Å². The second-order valence-corrected chi connectivity index (χ2v) is 5.20. The molecule has 0 spiro atoms. The molecular formula is C18H16. The van der Waals surface area contributed by atoms with Gasteiger partial charge in [0.2, 0.25) is 0 Å². The lowest BCUT2D eigenvalue weighted by molar-refractivity contribution is 1.12. The molecule has 0 saturated heterocycles. The van der Waals surface area contributed by atoms with Crippen LogP contribution in [0.15, 0.2) is 24.3 Å². The molecule has 0 fully saturated rings. The minimum absolute atomic E-state index is 1.18. The van der Waals surface area contributed by atoms with E-state index in [2.05, 4.69) is 48.6 Å². The monoisotopic (exact) mass is 232 g/mol. The zero-order valence-corrected chi connectivity index (χ0v) is 10.4. The van der Waals surface area contributed by atoms with Crippen LogP contribution >= 0.6 is 0 Å². The molecule has 2 aliphatic rings. The van der Waals surface area contributed by atoms with Crippen LogP contribution in [0, 0.1) is 0 Å². The molecule has 2 aromatic carbocycles. The highest BCUT2D eigenvalue weighted by Gasteiger charge is 2.03. The molecule has 0 heterocycles. The summed E-state index contributed by atoms with van der Waals surface area (Å²) in [6.07, 6.45) is 14.3. The minimum Gasteiger partial charge on any atom is -0.0763 e. The third kappa shape index (κ3) is 1.38. The van der Waals surface area contributed by atoms with Crippen molar-refractivity contribution >= 4 is 35.1 Å². The number of fused-ring (bicyclic) bond motifs is 5. The van der Waals surface area contributed by atoms with Crippen LogP contribution in [0.1, 0.15) is 25.7 Å². The molecule has 0 N–H and O–H groups in total. The van der Waals surface area contributed by atoms with Crippen LogP contribution in [-0.2, 0) is 0 Å². The van der Waals surface area contributed by atoms with E-state index in [1.165, 1.54) is 57.3 Å². The molecule has 2 aromatic rings. The molecule has 0 unspecified atom stereocenters. The van der Waals surface area contributed by atoms with Crippen molar-refractivity contribution in [3.8, 4) is 0 Å². The Kier molecular flexibility index (Phi) is 2.16. The summed E-state index contributed by atoms with van der Waals surface area (Å²) in [4.78, 5) is 0. The van der Waals surface area contributed by atoms with Crippen LogP contribution in [0.5, 0.6) is 0 Å². The van der Waals surface area contributed by atoms with Gasteiger partial charge in [-0.05, 0) is 57.3 Å². The summed E-state index contributed by atoms with van der Waals surface area (Å²) in [5.74, 6) is 0. The lowest BCUT2D eigenvalue weighted by Crippen LogP contribution is -2.33. The van der Waals surface area contributed by atoms with Crippen LogP contribution in [0.4, 0.5) is 0 Å². The van der Waals surface area contributed by atoms with Crippen LogP contribution in [-0.4, -0.2) is 0 Å². The predicted octanol–water partition coefficient (Wildman–Crippen LogP) is 1.55. The van der Waals surface area contributed by atoms with Gasteiger partial charge in [-0.15, -0.1) is 0 Å². The van der Waals surface area contributed by atoms with Crippen molar-refractivity contribution < 1.29 is 0 Å². The first-order valence-electron chi connectivity index (χ1n) is 6.86. The Labute approximate surface area is 106 Å². The lowest BCUT2D eigenvalue weighted by Gasteiger charge is -2.08. The van der Waals surface area contributed by atoms with Gasteiger partial charge in [-0.25, -0.2) is 0 Å². The number of rotatable bonds is 0. The van der Waals surface area contributed by atoms with Gasteiger partial charge in [-0.2, -0.15) is 0 Å². The number of hydrogen-bond acceptors (Lipinski definition) is 0. The summed E-state index contributed by atoms with van der Waals surface area (Å²) >= 11 is 0. The number of hydrogen-bond donors (Lipinski definition) is 0. The maximum Gasteiger partial charge on any atom is -0.0102 e. The summed E-state index contributed by atoms with van der Waals surface area (Å²) < 4.78 is 0. The van der Waals surface area contributed by atoms with Gasteiger partial charge in [0.1, 0.15) is 0 Å². The van der Waals surface area contributed by atoms with Gasteiger partial charge < -0.3 is 0 Å². The SMILES string of the molecule is C1=c2ccc3c4c(ccc3c2=CCC1)=CCCC=4.